The summed E-state index contributed by atoms with van der Waals surface area (Å²) in [5, 5.41) is 2.40. The molecule has 11 heteroatoms. The van der Waals surface area contributed by atoms with Gasteiger partial charge in [0.05, 0.1) is 25.8 Å². The van der Waals surface area contributed by atoms with Crippen LogP contribution in [0.2, 0.25) is 5.02 Å². The number of nitrogens with one attached hydrogen (secondary N) is 1. The SMILES string of the molecule is CCn1c(=O)sc2cc(NC(=O)CN(c3ccc(F)c(Cl)c3)S(=O)(=O)c3ccccc3)ccc21. The minimum Gasteiger partial charge on any atom is -0.324 e. The van der Waals surface area contributed by atoms with Crippen molar-refractivity contribution in [3.63, 3.8) is 0 Å². The Balaban J connectivity index is 1.66. The number of amides is 1. The third-order valence-electron chi connectivity index (χ3n) is 5.08. The van der Waals surface area contributed by atoms with Crippen LogP contribution in [0.15, 0.2) is 76.4 Å². The Labute approximate surface area is 204 Å². The summed E-state index contributed by atoms with van der Waals surface area (Å²) in [6.07, 6.45) is 0. The molecule has 1 aromatic heterocycles. The van der Waals surface area contributed by atoms with Crippen molar-refractivity contribution in [3.05, 3.63) is 87.2 Å². The number of hydrogen-bond acceptors (Lipinski definition) is 5. The number of aromatic nitrogens is 1. The molecule has 0 bridgehead atoms. The Kier molecular flexibility index (Phi) is 6.74. The molecule has 34 heavy (non-hydrogen) atoms. The molecule has 3 aromatic carbocycles. The molecule has 0 unspecified atom stereocenters. The smallest absolute Gasteiger partial charge is 0.308 e. The van der Waals surface area contributed by atoms with Crippen LogP contribution in [0.5, 0.6) is 0 Å². The second-order valence-electron chi connectivity index (χ2n) is 7.27. The van der Waals surface area contributed by atoms with E-state index in [1.165, 1.54) is 18.2 Å². The Bertz CT molecular complexity index is 1540. The summed E-state index contributed by atoms with van der Waals surface area (Å²) >= 11 is 6.94. The molecule has 0 aliphatic rings. The van der Waals surface area contributed by atoms with Gasteiger partial charge in [-0.15, -0.1) is 0 Å². The van der Waals surface area contributed by atoms with E-state index in [4.69, 9.17) is 11.6 Å². The Hall–Kier alpha value is -3.21. The van der Waals surface area contributed by atoms with Gasteiger partial charge in [0.2, 0.25) is 5.91 Å². The highest BCUT2D eigenvalue weighted by atomic mass is 35.5. The number of aryl methyl sites for hydroxylation is 1. The lowest BCUT2D eigenvalue weighted by atomic mass is 10.3. The van der Waals surface area contributed by atoms with Crippen LogP contribution in [0.4, 0.5) is 15.8 Å². The lowest BCUT2D eigenvalue weighted by Gasteiger charge is -2.24. The van der Waals surface area contributed by atoms with Crippen LogP contribution in [-0.4, -0.2) is 25.4 Å². The van der Waals surface area contributed by atoms with Crippen LogP contribution in [-0.2, 0) is 21.4 Å². The van der Waals surface area contributed by atoms with Crippen molar-refractivity contribution in [1.82, 2.24) is 4.57 Å². The molecule has 0 spiro atoms. The van der Waals surface area contributed by atoms with Crippen LogP contribution in [0.1, 0.15) is 6.92 Å². The first-order chi connectivity index (χ1) is 16.2. The standard InChI is InChI=1S/C23H19ClFN3O4S2/c1-2-27-20-11-8-15(12-21(20)33-23(27)30)26-22(29)14-28(16-9-10-19(25)18(24)13-16)34(31,32)17-6-4-3-5-7-17/h3-13H,2,14H2,1H3,(H,26,29). The maximum atomic E-state index is 13.7. The van der Waals surface area contributed by atoms with E-state index >= 15 is 0 Å². The summed E-state index contributed by atoms with van der Waals surface area (Å²) in [6.45, 7) is 1.81. The van der Waals surface area contributed by atoms with Gasteiger partial charge in [0.25, 0.3) is 10.0 Å². The zero-order chi connectivity index (χ0) is 24.5. The molecule has 4 aromatic rings. The number of sulfonamides is 1. The van der Waals surface area contributed by atoms with Crippen LogP contribution >= 0.6 is 22.9 Å². The fraction of sp³-hybridized carbons (Fsp3) is 0.130. The van der Waals surface area contributed by atoms with Crippen molar-refractivity contribution in [2.75, 3.05) is 16.2 Å². The number of carbonyl (C=O) groups excluding carboxylic acids is 1. The topological polar surface area (TPSA) is 88.5 Å². The van der Waals surface area contributed by atoms with Crippen LogP contribution in [0.25, 0.3) is 10.2 Å². The first kappa shape index (κ1) is 23.9. The van der Waals surface area contributed by atoms with Crippen molar-refractivity contribution >= 4 is 60.5 Å². The lowest BCUT2D eigenvalue weighted by Crippen LogP contribution is -2.38. The molecule has 0 saturated carbocycles. The summed E-state index contributed by atoms with van der Waals surface area (Å²) in [5.41, 5.74) is 1.21. The van der Waals surface area contributed by atoms with E-state index in [1.807, 2.05) is 6.92 Å². The quantitative estimate of drug-likeness (QED) is 0.383. The molecule has 0 radical (unpaired) electrons. The van der Waals surface area contributed by atoms with Crippen molar-refractivity contribution in [2.24, 2.45) is 0 Å². The van der Waals surface area contributed by atoms with E-state index in [2.05, 4.69) is 5.32 Å². The molecular weight excluding hydrogens is 501 g/mol. The molecule has 0 atom stereocenters. The largest absolute Gasteiger partial charge is 0.324 e. The highest BCUT2D eigenvalue weighted by Gasteiger charge is 2.27. The zero-order valence-electron chi connectivity index (χ0n) is 17.9. The number of rotatable bonds is 7. The van der Waals surface area contributed by atoms with Crippen molar-refractivity contribution < 1.29 is 17.6 Å². The summed E-state index contributed by atoms with van der Waals surface area (Å²) in [5.74, 6) is -1.33. The Morgan fingerprint density at radius 2 is 1.85 bits per heavy atom. The van der Waals surface area contributed by atoms with E-state index in [-0.39, 0.29) is 20.5 Å². The number of hydrogen-bond donors (Lipinski definition) is 1. The number of carbonyl (C=O) groups is 1. The lowest BCUT2D eigenvalue weighted by molar-refractivity contribution is -0.114. The molecular formula is C23H19ClFN3O4S2. The van der Waals surface area contributed by atoms with E-state index < -0.39 is 28.3 Å². The fourth-order valence-corrected chi connectivity index (χ4v) is 6.05. The number of fused-ring (bicyclic) bond motifs is 1. The van der Waals surface area contributed by atoms with Gasteiger partial charge in [-0.25, -0.2) is 12.8 Å². The van der Waals surface area contributed by atoms with Crippen molar-refractivity contribution in [2.45, 2.75) is 18.4 Å². The average molecular weight is 520 g/mol. The first-order valence-electron chi connectivity index (χ1n) is 10.2. The normalized spacial score (nSPS) is 11.5. The predicted octanol–water partition coefficient (Wildman–Crippen LogP) is 4.71. The van der Waals surface area contributed by atoms with Gasteiger partial charge < -0.3 is 5.32 Å². The van der Waals surface area contributed by atoms with Gasteiger partial charge in [-0.3, -0.25) is 18.5 Å². The zero-order valence-corrected chi connectivity index (χ0v) is 20.3. The molecule has 0 fully saturated rings. The van der Waals surface area contributed by atoms with Crippen LogP contribution in [0.3, 0.4) is 0 Å². The molecule has 1 heterocycles. The fourth-order valence-electron chi connectivity index (χ4n) is 3.45. The second kappa shape index (κ2) is 9.57. The van der Waals surface area contributed by atoms with E-state index in [1.54, 1.807) is 41.0 Å². The summed E-state index contributed by atoms with van der Waals surface area (Å²) in [7, 11) is -4.16. The average Bonchev–Trinajstić information content (AvgIpc) is 3.13. The van der Waals surface area contributed by atoms with E-state index in [0.29, 0.717) is 16.9 Å². The van der Waals surface area contributed by atoms with Gasteiger partial charge in [0.15, 0.2) is 0 Å². The van der Waals surface area contributed by atoms with Gasteiger partial charge in [0, 0.05) is 12.2 Å². The van der Waals surface area contributed by atoms with E-state index in [0.717, 1.165) is 33.3 Å². The number of halogens is 2. The Morgan fingerprint density at radius 1 is 1.12 bits per heavy atom. The summed E-state index contributed by atoms with van der Waals surface area (Å²) < 4.78 is 43.6. The molecule has 0 saturated heterocycles. The van der Waals surface area contributed by atoms with Gasteiger partial charge in [-0.2, -0.15) is 0 Å². The van der Waals surface area contributed by atoms with Gasteiger partial charge in [0.1, 0.15) is 12.4 Å². The van der Waals surface area contributed by atoms with Crippen molar-refractivity contribution in [1.29, 1.82) is 0 Å². The van der Waals surface area contributed by atoms with Gasteiger partial charge in [-0.1, -0.05) is 41.1 Å². The number of benzene rings is 3. The number of thiazole rings is 1. The molecule has 1 N–H and O–H groups in total. The molecule has 4 rings (SSSR count). The predicted molar refractivity (Wildman–Crippen MR) is 133 cm³/mol. The maximum absolute atomic E-state index is 13.7. The monoisotopic (exact) mass is 519 g/mol. The Morgan fingerprint density at radius 3 is 2.53 bits per heavy atom. The minimum atomic E-state index is -4.16. The number of nitrogens with zero attached hydrogens (tertiary/aromatic N) is 2. The third kappa shape index (κ3) is 4.70. The summed E-state index contributed by atoms with van der Waals surface area (Å²) in [4.78, 5) is 24.9. The van der Waals surface area contributed by atoms with Gasteiger partial charge >= 0.3 is 4.87 Å². The molecule has 0 aliphatic carbocycles. The maximum Gasteiger partial charge on any atom is 0.308 e. The van der Waals surface area contributed by atoms with Gasteiger partial charge in [-0.05, 0) is 55.5 Å². The van der Waals surface area contributed by atoms with Crippen molar-refractivity contribution in [3.8, 4) is 0 Å². The second-order valence-corrected chi connectivity index (χ2v) is 10.5. The highest BCUT2D eigenvalue weighted by molar-refractivity contribution is 7.92. The van der Waals surface area contributed by atoms with E-state index in [9.17, 15) is 22.4 Å². The minimum absolute atomic E-state index is 0.0321. The highest BCUT2D eigenvalue weighted by Crippen LogP contribution is 2.28. The van der Waals surface area contributed by atoms with Crippen LogP contribution in [0, 0.1) is 5.82 Å². The van der Waals surface area contributed by atoms with Crippen LogP contribution < -0.4 is 14.5 Å². The third-order valence-corrected chi connectivity index (χ3v) is 8.10. The number of anilines is 2. The molecule has 176 valence electrons. The summed E-state index contributed by atoms with van der Waals surface area (Å²) in [6, 6.07) is 16.1. The molecule has 0 aliphatic heterocycles. The molecule has 1 amide bonds. The molecule has 7 nitrogen and oxygen atoms in total. The first-order valence-corrected chi connectivity index (χ1v) is 12.8.